The maximum Gasteiger partial charge on any atom is 0.272 e. The molecule has 0 aromatic heterocycles. The highest BCUT2D eigenvalue weighted by Crippen LogP contribution is 2.24. The maximum atomic E-state index is 12.7. The normalized spacial score (nSPS) is 17.7. The molecule has 8 heteroatoms. The zero-order valence-electron chi connectivity index (χ0n) is 19.3. The van der Waals surface area contributed by atoms with Crippen molar-refractivity contribution in [3.05, 3.63) is 64.2 Å². The minimum absolute atomic E-state index is 0.141. The number of amides is 1. The Kier molecular flexibility index (Phi) is 7.44. The third-order valence-corrected chi connectivity index (χ3v) is 6.75. The SMILES string of the molecule is Cc1cc(NC2CCN(C(=O)CCN3CCN(c4ccccc4)CC3)CC2)ccc1[N+](=O)[O-]. The number of nitro groups is 1. The molecule has 0 atom stereocenters. The van der Waals surface area contributed by atoms with Gasteiger partial charge < -0.3 is 15.1 Å². The van der Waals surface area contributed by atoms with Crippen molar-refractivity contribution in [3.8, 4) is 0 Å². The van der Waals surface area contributed by atoms with E-state index in [0.717, 1.165) is 64.3 Å². The molecule has 2 aromatic rings. The standard InChI is InChI=1S/C25H33N5O3/c1-20-19-22(7-8-24(20)30(32)33)26-21-9-13-29(14-10-21)25(31)11-12-27-15-17-28(18-16-27)23-5-3-2-4-6-23/h2-8,19,21,26H,9-18H2,1H3. The van der Waals surface area contributed by atoms with Crippen LogP contribution in [0.15, 0.2) is 48.5 Å². The quantitative estimate of drug-likeness (QED) is 0.512. The number of nitrogens with zero attached hydrogens (tertiary/aromatic N) is 4. The van der Waals surface area contributed by atoms with Gasteiger partial charge in [-0.15, -0.1) is 0 Å². The molecule has 0 unspecified atom stereocenters. The highest BCUT2D eigenvalue weighted by molar-refractivity contribution is 5.76. The fraction of sp³-hybridized carbons (Fsp3) is 0.480. The van der Waals surface area contributed by atoms with Crippen LogP contribution in [-0.2, 0) is 4.79 Å². The molecule has 4 rings (SSSR count). The third kappa shape index (κ3) is 6.01. The molecular weight excluding hydrogens is 418 g/mol. The van der Waals surface area contributed by atoms with Crippen LogP contribution < -0.4 is 10.2 Å². The summed E-state index contributed by atoms with van der Waals surface area (Å²) in [5.74, 6) is 0.241. The smallest absolute Gasteiger partial charge is 0.272 e. The number of carbonyl (C=O) groups excluding carboxylic acids is 1. The molecule has 2 aliphatic rings. The van der Waals surface area contributed by atoms with E-state index >= 15 is 0 Å². The summed E-state index contributed by atoms with van der Waals surface area (Å²) in [5, 5.41) is 14.5. The molecule has 176 valence electrons. The summed E-state index contributed by atoms with van der Waals surface area (Å²) in [6.07, 6.45) is 2.35. The van der Waals surface area contributed by atoms with Crippen LogP contribution in [0.25, 0.3) is 0 Å². The van der Waals surface area contributed by atoms with Crippen molar-refractivity contribution in [2.75, 3.05) is 56.0 Å². The molecule has 2 heterocycles. The second-order valence-corrected chi connectivity index (χ2v) is 8.97. The number of piperazine rings is 1. The van der Waals surface area contributed by atoms with E-state index in [-0.39, 0.29) is 22.6 Å². The first-order chi connectivity index (χ1) is 16.0. The molecule has 33 heavy (non-hydrogen) atoms. The van der Waals surface area contributed by atoms with Crippen LogP contribution >= 0.6 is 0 Å². The number of nitrogens with one attached hydrogen (secondary N) is 1. The summed E-state index contributed by atoms with van der Waals surface area (Å²) in [5.41, 5.74) is 2.97. The third-order valence-electron chi connectivity index (χ3n) is 6.75. The summed E-state index contributed by atoms with van der Waals surface area (Å²) in [4.78, 5) is 30.2. The number of anilines is 2. The zero-order valence-corrected chi connectivity index (χ0v) is 19.3. The van der Waals surface area contributed by atoms with Crippen molar-refractivity contribution in [2.24, 2.45) is 0 Å². The van der Waals surface area contributed by atoms with Gasteiger partial charge in [-0.3, -0.25) is 19.8 Å². The van der Waals surface area contributed by atoms with E-state index in [1.54, 1.807) is 19.1 Å². The van der Waals surface area contributed by atoms with E-state index in [0.29, 0.717) is 12.0 Å². The summed E-state index contributed by atoms with van der Waals surface area (Å²) in [6.45, 7) is 8.06. The molecule has 0 aliphatic carbocycles. The molecule has 1 amide bonds. The Hall–Kier alpha value is -3.13. The van der Waals surface area contributed by atoms with Crippen molar-refractivity contribution >= 4 is 23.0 Å². The molecular formula is C25H33N5O3. The minimum Gasteiger partial charge on any atom is -0.382 e. The molecule has 0 bridgehead atoms. The summed E-state index contributed by atoms with van der Waals surface area (Å²) in [6, 6.07) is 15.9. The van der Waals surface area contributed by atoms with Gasteiger partial charge in [0.15, 0.2) is 0 Å². The predicted octanol–water partition coefficient (Wildman–Crippen LogP) is 3.52. The van der Waals surface area contributed by atoms with Crippen LogP contribution in [0.1, 0.15) is 24.8 Å². The topological polar surface area (TPSA) is 82.0 Å². The largest absolute Gasteiger partial charge is 0.382 e. The second-order valence-electron chi connectivity index (χ2n) is 8.97. The lowest BCUT2D eigenvalue weighted by molar-refractivity contribution is -0.385. The fourth-order valence-corrected chi connectivity index (χ4v) is 4.74. The first kappa shape index (κ1) is 23.0. The average Bonchev–Trinajstić information content (AvgIpc) is 2.84. The monoisotopic (exact) mass is 451 g/mol. The molecule has 2 aliphatic heterocycles. The Bertz CT molecular complexity index is 952. The number of aryl methyl sites for hydroxylation is 1. The molecule has 0 spiro atoms. The number of hydrogen-bond acceptors (Lipinski definition) is 6. The molecule has 0 radical (unpaired) electrons. The van der Waals surface area contributed by atoms with E-state index in [9.17, 15) is 14.9 Å². The lowest BCUT2D eigenvalue weighted by Gasteiger charge is -2.37. The summed E-state index contributed by atoms with van der Waals surface area (Å²) >= 11 is 0. The number of likely N-dealkylation sites (tertiary alicyclic amines) is 1. The van der Waals surface area contributed by atoms with Gasteiger partial charge in [-0.2, -0.15) is 0 Å². The van der Waals surface area contributed by atoms with Gasteiger partial charge in [-0.25, -0.2) is 0 Å². The van der Waals surface area contributed by atoms with Crippen molar-refractivity contribution in [3.63, 3.8) is 0 Å². The Morgan fingerprint density at radius 3 is 2.36 bits per heavy atom. The Morgan fingerprint density at radius 2 is 1.73 bits per heavy atom. The van der Waals surface area contributed by atoms with Gasteiger partial charge in [0.1, 0.15) is 0 Å². The van der Waals surface area contributed by atoms with E-state index in [2.05, 4.69) is 39.4 Å². The zero-order chi connectivity index (χ0) is 23.2. The van der Waals surface area contributed by atoms with E-state index in [1.165, 1.54) is 5.69 Å². The average molecular weight is 452 g/mol. The van der Waals surface area contributed by atoms with Gasteiger partial charge >= 0.3 is 0 Å². The first-order valence-corrected chi connectivity index (χ1v) is 11.8. The molecule has 2 fully saturated rings. The Morgan fingerprint density at radius 1 is 1.03 bits per heavy atom. The van der Waals surface area contributed by atoms with Crippen molar-refractivity contribution in [2.45, 2.75) is 32.2 Å². The number of rotatable bonds is 7. The molecule has 2 aromatic carbocycles. The molecule has 2 saturated heterocycles. The lowest BCUT2D eigenvalue weighted by atomic mass is 10.0. The molecule has 0 saturated carbocycles. The fourth-order valence-electron chi connectivity index (χ4n) is 4.74. The van der Waals surface area contributed by atoms with Crippen LogP contribution in [0.5, 0.6) is 0 Å². The van der Waals surface area contributed by atoms with Crippen LogP contribution in [0.2, 0.25) is 0 Å². The van der Waals surface area contributed by atoms with Crippen LogP contribution in [0.3, 0.4) is 0 Å². The van der Waals surface area contributed by atoms with Gasteiger partial charge in [0.25, 0.3) is 5.69 Å². The van der Waals surface area contributed by atoms with Gasteiger partial charge in [0.2, 0.25) is 5.91 Å². The number of piperidine rings is 1. The van der Waals surface area contributed by atoms with Gasteiger partial charge in [0, 0.05) is 81.3 Å². The number of benzene rings is 2. The summed E-state index contributed by atoms with van der Waals surface area (Å²) < 4.78 is 0. The highest BCUT2D eigenvalue weighted by atomic mass is 16.6. The van der Waals surface area contributed by atoms with Crippen LogP contribution in [-0.4, -0.2) is 72.5 Å². The van der Waals surface area contributed by atoms with Crippen LogP contribution in [0, 0.1) is 17.0 Å². The van der Waals surface area contributed by atoms with Crippen molar-refractivity contribution in [1.82, 2.24) is 9.80 Å². The van der Waals surface area contributed by atoms with Gasteiger partial charge in [0.05, 0.1) is 4.92 Å². The van der Waals surface area contributed by atoms with E-state index < -0.39 is 0 Å². The van der Waals surface area contributed by atoms with E-state index in [4.69, 9.17) is 0 Å². The van der Waals surface area contributed by atoms with E-state index in [1.807, 2.05) is 17.0 Å². The number of nitro benzene ring substituents is 1. The molecule has 1 N–H and O–H groups in total. The first-order valence-electron chi connectivity index (χ1n) is 11.8. The Labute approximate surface area is 195 Å². The Balaban J connectivity index is 1.16. The number of carbonyl (C=O) groups is 1. The minimum atomic E-state index is -0.355. The van der Waals surface area contributed by atoms with Crippen LogP contribution in [0.4, 0.5) is 17.1 Å². The second kappa shape index (κ2) is 10.7. The van der Waals surface area contributed by atoms with Gasteiger partial charge in [-0.1, -0.05) is 18.2 Å². The number of hydrogen-bond donors (Lipinski definition) is 1. The summed E-state index contributed by atoms with van der Waals surface area (Å²) in [7, 11) is 0. The highest BCUT2D eigenvalue weighted by Gasteiger charge is 2.24. The number of para-hydroxylation sites is 1. The lowest BCUT2D eigenvalue weighted by Crippen LogP contribution is -2.48. The van der Waals surface area contributed by atoms with Crippen molar-refractivity contribution < 1.29 is 9.72 Å². The van der Waals surface area contributed by atoms with Gasteiger partial charge in [-0.05, 0) is 44.0 Å². The van der Waals surface area contributed by atoms with Crippen molar-refractivity contribution in [1.29, 1.82) is 0 Å². The molecule has 8 nitrogen and oxygen atoms in total. The maximum absolute atomic E-state index is 12.7. The predicted molar refractivity (Wildman–Crippen MR) is 131 cm³/mol.